The molecule has 24 heavy (non-hydrogen) atoms. The van der Waals surface area contributed by atoms with Crippen LogP contribution in [-0.4, -0.2) is 37.4 Å². The number of carbonyl (C=O) groups excluding carboxylic acids is 2. The van der Waals surface area contributed by atoms with E-state index in [1.807, 2.05) is 17.0 Å². The largest absolute Gasteiger partial charge is 0.493 e. The second kappa shape index (κ2) is 6.65. The fourth-order valence-electron chi connectivity index (χ4n) is 2.85. The minimum absolute atomic E-state index is 0.0140. The van der Waals surface area contributed by atoms with Gasteiger partial charge in [-0.3, -0.25) is 9.59 Å². The molecule has 0 spiro atoms. The summed E-state index contributed by atoms with van der Waals surface area (Å²) in [6.07, 6.45) is 0.770. The van der Waals surface area contributed by atoms with Crippen LogP contribution >= 0.6 is 11.3 Å². The molecule has 0 atom stereocenters. The van der Waals surface area contributed by atoms with Crippen molar-refractivity contribution in [1.82, 2.24) is 4.90 Å². The summed E-state index contributed by atoms with van der Waals surface area (Å²) >= 11 is 1.25. The van der Waals surface area contributed by atoms with Crippen LogP contribution in [0.3, 0.4) is 0 Å². The third kappa shape index (κ3) is 3.01. The second-order valence-electron chi connectivity index (χ2n) is 5.67. The standard InChI is InChI=1S/C18H19NO4S/c1-11(20)16-4-5-17(24-16)18(21)19-7-6-12-8-14(22-2)15(23-3)9-13(12)10-19/h4-5,8-9H,6-7,10H2,1-3H3. The van der Waals surface area contributed by atoms with Gasteiger partial charge in [-0.05, 0) is 48.7 Å². The Hall–Kier alpha value is -2.34. The molecule has 0 radical (unpaired) electrons. The van der Waals surface area contributed by atoms with Crippen LogP contribution in [0.2, 0.25) is 0 Å². The van der Waals surface area contributed by atoms with Crippen molar-refractivity contribution in [3.63, 3.8) is 0 Å². The van der Waals surface area contributed by atoms with Crippen molar-refractivity contribution in [3.8, 4) is 11.5 Å². The van der Waals surface area contributed by atoms with Gasteiger partial charge in [-0.1, -0.05) is 0 Å². The first kappa shape index (κ1) is 16.5. The van der Waals surface area contributed by atoms with Crippen LogP contribution in [0.25, 0.3) is 0 Å². The summed E-state index contributed by atoms with van der Waals surface area (Å²) in [5, 5.41) is 0. The molecule has 126 valence electrons. The van der Waals surface area contributed by atoms with E-state index in [2.05, 4.69) is 0 Å². The van der Waals surface area contributed by atoms with E-state index in [-0.39, 0.29) is 11.7 Å². The number of benzene rings is 1. The van der Waals surface area contributed by atoms with E-state index >= 15 is 0 Å². The zero-order valence-corrected chi connectivity index (χ0v) is 14.7. The van der Waals surface area contributed by atoms with Crippen molar-refractivity contribution < 1.29 is 19.1 Å². The first-order valence-electron chi connectivity index (χ1n) is 7.67. The maximum Gasteiger partial charge on any atom is 0.264 e. The lowest BCUT2D eigenvalue weighted by atomic mass is 9.98. The van der Waals surface area contributed by atoms with E-state index in [1.54, 1.807) is 26.4 Å². The van der Waals surface area contributed by atoms with Crippen LogP contribution in [0.4, 0.5) is 0 Å². The summed E-state index contributed by atoms with van der Waals surface area (Å²) in [6.45, 7) is 2.69. The normalized spacial score (nSPS) is 13.4. The highest BCUT2D eigenvalue weighted by Crippen LogP contribution is 2.33. The molecule has 0 saturated carbocycles. The van der Waals surface area contributed by atoms with E-state index in [4.69, 9.17) is 9.47 Å². The molecule has 0 aliphatic carbocycles. The number of rotatable bonds is 4. The Balaban J connectivity index is 1.83. The Morgan fingerprint density at radius 1 is 1.04 bits per heavy atom. The van der Waals surface area contributed by atoms with Crippen LogP contribution in [0.5, 0.6) is 11.5 Å². The fourth-order valence-corrected chi connectivity index (χ4v) is 3.72. The third-order valence-electron chi connectivity index (χ3n) is 4.17. The Labute approximate surface area is 144 Å². The summed E-state index contributed by atoms with van der Waals surface area (Å²) in [6, 6.07) is 7.36. The van der Waals surface area contributed by atoms with Crippen molar-refractivity contribution in [2.24, 2.45) is 0 Å². The van der Waals surface area contributed by atoms with Gasteiger partial charge in [0.2, 0.25) is 0 Å². The van der Waals surface area contributed by atoms with Gasteiger partial charge in [0.1, 0.15) is 0 Å². The summed E-state index contributed by atoms with van der Waals surface area (Å²) in [5.74, 6) is 1.33. The fraction of sp³-hybridized carbons (Fsp3) is 0.333. The van der Waals surface area contributed by atoms with E-state index in [0.29, 0.717) is 34.3 Å². The maximum absolute atomic E-state index is 12.7. The molecule has 0 unspecified atom stereocenters. The molecule has 3 rings (SSSR count). The topological polar surface area (TPSA) is 55.8 Å². The summed E-state index contributed by atoms with van der Waals surface area (Å²) in [4.78, 5) is 27.1. The molecule has 1 amide bonds. The Bertz CT molecular complexity index is 796. The van der Waals surface area contributed by atoms with Gasteiger partial charge in [0.25, 0.3) is 5.91 Å². The van der Waals surface area contributed by atoms with E-state index in [0.717, 1.165) is 12.0 Å². The van der Waals surface area contributed by atoms with Crippen molar-refractivity contribution >= 4 is 23.0 Å². The van der Waals surface area contributed by atoms with Crippen molar-refractivity contribution in [3.05, 3.63) is 45.1 Å². The van der Waals surface area contributed by atoms with Crippen LogP contribution in [-0.2, 0) is 13.0 Å². The van der Waals surface area contributed by atoms with Crippen LogP contribution < -0.4 is 9.47 Å². The molecule has 0 fully saturated rings. The van der Waals surface area contributed by atoms with E-state index < -0.39 is 0 Å². The minimum atomic E-state index is -0.0343. The number of amides is 1. The van der Waals surface area contributed by atoms with Gasteiger partial charge >= 0.3 is 0 Å². The van der Waals surface area contributed by atoms with Crippen molar-refractivity contribution in [2.75, 3.05) is 20.8 Å². The molecule has 1 aromatic carbocycles. The number of hydrogen-bond acceptors (Lipinski definition) is 5. The number of fused-ring (bicyclic) bond motifs is 1. The van der Waals surface area contributed by atoms with Crippen molar-refractivity contribution in [2.45, 2.75) is 19.9 Å². The molecular formula is C18H19NO4S. The summed E-state index contributed by atoms with van der Waals surface area (Å²) in [5.41, 5.74) is 2.24. The zero-order chi connectivity index (χ0) is 17.3. The minimum Gasteiger partial charge on any atom is -0.493 e. The smallest absolute Gasteiger partial charge is 0.264 e. The summed E-state index contributed by atoms with van der Waals surface area (Å²) in [7, 11) is 3.22. The number of carbonyl (C=O) groups is 2. The Morgan fingerprint density at radius 3 is 2.25 bits per heavy atom. The highest BCUT2D eigenvalue weighted by Gasteiger charge is 2.24. The molecule has 2 heterocycles. The van der Waals surface area contributed by atoms with Gasteiger partial charge in [-0.25, -0.2) is 0 Å². The number of thiophene rings is 1. The number of ether oxygens (including phenoxy) is 2. The van der Waals surface area contributed by atoms with E-state index in [9.17, 15) is 9.59 Å². The van der Waals surface area contributed by atoms with Crippen LogP contribution in [0, 0.1) is 0 Å². The average Bonchev–Trinajstić information content (AvgIpc) is 3.09. The maximum atomic E-state index is 12.7. The van der Waals surface area contributed by atoms with Gasteiger partial charge in [-0.2, -0.15) is 0 Å². The quantitative estimate of drug-likeness (QED) is 0.799. The molecule has 1 aliphatic heterocycles. The number of nitrogens with zero attached hydrogens (tertiary/aromatic N) is 1. The van der Waals surface area contributed by atoms with Crippen molar-refractivity contribution in [1.29, 1.82) is 0 Å². The van der Waals surface area contributed by atoms with Gasteiger partial charge in [0, 0.05) is 13.1 Å². The van der Waals surface area contributed by atoms with Gasteiger partial charge < -0.3 is 14.4 Å². The van der Waals surface area contributed by atoms with Gasteiger partial charge in [0.05, 0.1) is 24.0 Å². The zero-order valence-electron chi connectivity index (χ0n) is 13.9. The number of Topliss-reactive ketones (excluding diaryl/α,β-unsaturated/α-hetero) is 1. The second-order valence-corrected chi connectivity index (χ2v) is 6.76. The van der Waals surface area contributed by atoms with Gasteiger partial charge in [-0.15, -0.1) is 11.3 Å². The molecule has 0 N–H and O–H groups in total. The van der Waals surface area contributed by atoms with Gasteiger partial charge in [0.15, 0.2) is 17.3 Å². The Morgan fingerprint density at radius 2 is 1.67 bits per heavy atom. The monoisotopic (exact) mass is 345 g/mol. The molecule has 6 heteroatoms. The predicted octanol–water partition coefficient (Wildman–Crippen LogP) is 3.17. The molecule has 0 saturated heterocycles. The van der Waals surface area contributed by atoms with Crippen LogP contribution in [0.1, 0.15) is 37.4 Å². The molecule has 1 aromatic heterocycles. The summed E-state index contributed by atoms with van der Waals surface area (Å²) < 4.78 is 10.7. The molecule has 2 aromatic rings. The predicted molar refractivity (Wildman–Crippen MR) is 92.3 cm³/mol. The third-order valence-corrected chi connectivity index (χ3v) is 5.34. The SMILES string of the molecule is COc1cc2c(cc1OC)CN(C(=O)c1ccc(C(C)=O)s1)CC2. The lowest BCUT2D eigenvalue weighted by Crippen LogP contribution is -2.35. The highest BCUT2D eigenvalue weighted by atomic mass is 32.1. The molecular weight excluding hydrogens is 326 g/mol. The lowest BCUT2D eigenvalue weighted by Gasteiger charge is -2.29. The number of hydrogen-bond donors (Lipinski definition) is 0. The molecule has 1 aliphatic rings. The average molecular weight is 345 g/mol. The Kier molecular flexibility index (Phi) is 4.57. The molecule has 5 nitrogen and oxygen atoms in total. The lowest BCUT2D eigenvalue weighted by molar-refractivity contribution is 0.0739. The van der Waals surface area contributed by atoms with E-state index in [1.165, 1.54) is 23.8 Å². The first-order valence-corrected chi connectivity index (χ1v) is 8.49. The highest BCUT2D eigenvalue weighted by molar-refractivity contribution is 7.15. The number of ketones is 1. The van der Waals surface area contributed by atoms with Crippen LogP contribution in [0.15, 0.2) is 24.3 Å². The number of methoxy groups -OCH3 is 2. The molecule has 0 bridgehead atoms. The first-order chi connectivity index (χ1) is 11.5.